The van der Waals surface area contributed by atoms with E-state index in [0.29, 0.717) is 0 Å². The van der Waals surface area contributed by atoms with E-state index in [1.807, 2.05) is 0 Å². The van der Waals surface area contributed by atoms with Crippen LogP contribution in [-0.4, -0.2) is 72.1 Å². The summed E-state index contributed by atoms with van der Waals surface area (Å²) in [5.41, 5.74) is 0. The molecule has 0 spiro atoms. The zero-order valence-electron chi connectivity index (χ0n) is 15.4. The second-order valence-corrected chi connectivity index (χ2v) is 8.35. The Morgan fingerprint density at radius 1 is 0.774 bits per heavy atom. The van der Waals surface area contributed by atoms with Gasteiger partial charge >= 0.3 is 35.8 Å². The largest absolute Gasteiger partial charge is 0.460 e. The lowest BCUT2D eigenvalue weighted by molar-refractivity contribution is -0.439. The Kier molecular flexibility index (Phi) is 8.43. The molecule has 0 aliphatic rings. The van der Waals surface area contributed by atoms with E-state index < -0.39 is 70.8 Å². The van der Waals surface area contributed by atoms with Crippen LogP contribution in [0, 0.1) is 0 Å². The molecule has 4 nitrogen and oxygen atoms in total. The van der Waals surface area contributed by atoms with Crippen molar-refractivity contribution in [1.82, 2.24) is 4.31 Å². The Labute approximate surface area is 167 Å². The number of hydrogen-bond donors (Lipinski definition) is 1. The van der Waals surface area contributed by atoms with E-state index in [1.54, 1.807) is 0 Å². The van der Waals surface area contributed by atoms with Crippen LogP contribution in [0.4, 0.5) is 57.1 Å². The van der Waals surface area contributed by atoms with Gasteiger partial charge in [-0.25, -0.2) is 8.42 Å². The molecule has 1 N–H and O–H groups in total. The summed E-state index contributed by atoms with van der Waals surface area (Å²) in [6.07, 6.45) is -12.4. The van der Waals surface area contributed by atoms with Crippen LogP contribution < -0.4 is 0 Å². The molecular formula is C13H16F13NO3S. The second-order valence-electron chi connectivity index (χ2n) is 6.31. The number of aliphatic hydroxyl groups is 1. The highest BCUT2D eigenvalue weighted by Gasteiger charge is 2.90. The van der Waals surface area contributed by atoms with Gasteiger partial charge in [0.25, 0.3) is 0 Å². The van der Waals surface area contributed by atoms with Crippen molar-refractivity contribution in [1.29, 1.82) is 0 Å². The maximum absolute atomic E-state index is 13.7. The van der Waals surface area contributed by atoms with Crippen molar-refractivity contribution in [3.8, 4) is 0 Å². The Balaban J connectivity index is 6.09. The predicted molar refractivity (Wildman–Crippen MR) is 77.9 cm³/mol. The Morgan fingerprint density at radius 3 is 1.48 bits per heavy atom. The third-order valence-corrected chi connectivity index (χ3v) is 5.81. The van der Waals surface area contributed by atoms with Gasteiger partial charge in [-0.3, -0.25) is 0 Å². The van der Waals surface area contributed by atoms with E-state index in [0.717, 1.165) is 6.92 Å². The highest BCUT2D eigenvalue weighted by atomic mass is 32.2. The summed E-state index contributed by atoms with van der Waals surface area (Å²) in [5, 5.41) is 9.27. The third kappa shape index (κ3) is 5.15. The molecule has 0 saturated heterocycles. The molecule has 188 valence electrons. The van der Waals surface area contributed by atoms with Gasteiger partial charge in [-0.15, -0.1) is 0 Å². The summed E-state index contributed by atoms with van der Waals surface area (Å²) >= 11 is 0. The Hall–Kier alpha value is -1.04. The van der Waals surface area contributed by atoms with Gasteiger partial charge in [0.1, 0.15) is 6.23 Å². The average molecular weight is 513 g/mol. The van der Waals surface area contributed by atoms with Crippen LogP contribution in [0.1, 0.15) is 26.7 Å². The van der Waals surface area contributed by atoms with Crippen LogP contribution in [0.2, 0.25) is 0 Å². The topological polar surface area (TPSA) is 57.6 Å². The molecule has 0 fully saturated rings. The lowest BCUT2D eigenvalue weighted by atomic mass is 9.93. The molecule has 1 atom stereocenters. The molecule has 0 aromatic rings. The van der Waals surface area contributed by atoms with Crippen LogP contribution in [0.15, 0.2) is 0 Å². The second kappa shape index (κ2) is 8.72. The molecular weight excluding hydrogens is 497 g/mol. The first kappa shape index (κ1) is 30.0. The number of hydrogen-bond acceptors (Lipinski definition) is 3. The standard InChI is InChI=1S/C13H16F13NO3S/c1-3-5-27(7(2)28)31(29,30)6-4-8(14,15)9(16,17)10(18,19)11(20,21)12(22,23)13(24,25)26/h7,28H,3-6H2,1-2H3. The Bertz CT molecular complexity index is 719. The fourth-order valence-corrected chi connectivity index (χ4v) is 3.79. The van der Waals surface area contributed by atoms with E-state index in [-0.39, 0.29) is 10.7 Å². The van der Waals surface area contributed by atoms with E-state index >= 15 is 0 Å². The SMILES string of the molecule is CCCN(C(C)O)S(=O)(=O)CCC(F)(F)C(F)(F)C(F)(F)C(F)(F)C(F)(F)C(F)(F)F. The summed E-state index contributed by atoms with van der Waals surface area (Å²) in [4.78, 5) is 0. The number of sulfonamides is 1. The quantitative estimate of drug-likeness (QED) is 0.327. The van der Waals surface area contributed by atoms with Crippen LogP contribution in [0.5, 0.6) is 0 Å². The molecule has 0 heterocycles. The molecule has 0 aromatic heterocycles. The van der Waals surface area contributed by atoms with E-state index in [9.17, 15) is 70.6 Å². The van der Waals surface area contributed by atoms with Crippen molar-refractivity contribution in [2.45, 2.75) is 68.7 Å². The van der Waals surface area contributed by atoms with Crippen molar-refractivity contribution >= 4 is 10.0 Å². The van der Waals surface area contributed by atoms with Crippen LogP contribution >= 0.6 is 0 Å². The number of alkyl halides is 13. The summed E-state index contributed by atoms with van der Waals surface area (Å²) < 4.78 is 193. The first-order chi connectivity index (χ1) is 13.3. The average Bonchev–Trinajstić information content (AvgIpc) is 2.55. The van der Waals surface area contributed by atoms with Crippen molar-refractivity contribution in [3.05, 3.63) is 0 Å². The fourth-order valence-electron chi connectivity index (χ4n) is 2.11. The normalized spacial score (nSPS) is 16.7. The molecule has 0 aliphatic carbocycles. The smallest absolute Gasteiger partial charge is 0.378 e. The van der Waals surface area contributed by atoms with Gasteiger partial charge in [-0.2, -0.15) is 61.4 Å². The van der Waals surface area contributed by atoms with Crippen molar-refractivity contribution in [2.75, 3.05) is 12.3 Å². The van der Waals surface area contributed by atoms with Gasteiger partial charge in [-0.05, 0) is 13.3 Å². The third-order valence-electron chi connectivity index (χ3n) is 3.89. The minimum absolute atomic E-state index is 0.0613. The molecule has 0 amide bonds. The number of aliphatic hydroxyl groups excluding tert-OH is 1. The zero-order valence-corrected chi connectivity index (χ0v) is 16.3. The Morgan fingerprint density at radius 2 is 1.16 bits per heavy atom. The van der Waals surface area contributed by atoms with Crippen molar-refractivity contribution < 1.29 is 70.6 Å². The maximum Gasteiger partial charge on any atom is 0.460 e. The van der Waals surface area contributed by atoms with Gasteiger partial charge in [-0.1, -0.05) is 6.92 Å². The predicted octanol–water partition coefficient (Wildman–Crippen LogP) is 4.50. The first-order valence-electron chi connectivity index (χ1n) is 7.98. The monoisotopic (exact) mass is 513 g/mol. The van der Waals surface area contributed by atoms with Crippen molar-refractivity contribution in [3.63, 3.8) is 0 Å². The summed E-state index contributed by atoms with van der Waals surface area (Å²) in [6, 6.07) is 0. The van der Waals surface area contributed by atoms with Gasteiger partial charge in [0.05, 0.1) is 5.75 Å². The van der Waals surface area contributed by atoms with Crippen LogP contribution in [0.3, 0.4) is 0 Å². The molecule has 1 unspecified atom stereocenters. The highest BCUT2D eigenvalue weighted by molar-refractivity contribution is 7.89. The molecule has 0 saturated carbocycles. The summed E-state index contributed by atoms with van der Waals surface area (Å²) in [7, 11) is -5.10. The van der Waals surface area contributed by atoms with Gasteiger partial charge in [0, 0.05) is 13.0 Å². The molecule has 0 rings (SSSR count). The first-order valence-corrected chi connectivity index (χ1v) is 9.59. The van der Waals surface area contributed by atoms with E-state index in [1.165, 1.54) is 6.92 Å². The summed E-state index contributed by atoms with van der Waals surface area (Å²) in [6.45, 7) is 1.53. The molecule has 0 radical (unpaired) electrons. The minimum atomic E-state index is -8.04. The molecule has 0 aromatic carbocycles. The summed E-state index contributed by atoms with van der Waals surface area (Å²) in [5.74, 6) is -40.1. The molecule has 0 aliphatic heterocycles. The number of halogens is 13. The molecule has 31 heavy (non-hydrogen) atoms. The van der Waals surface area contributed by atoms with E-state index in [2.05, 4.69) is 0 Å². The fraction of sp³-hybridized carbons (Fsp3) is 1.00. The molecule has 18 heteroatoms. The number of rotatable bonds is 11. The van der Waals surface area contributed by atoms with E-state index in [4.69, 9.17) is 0 Å². The zero-order chi connectivity index (χ0) is 25.5. The minimum Gasteiger partial charge on any atom is -0.378 e. The van der Waals surface area contributed by atoms with Crippen molar-refractivity contribution in [2.24, 2.45) is 0 Å². The lowest BCUT2D eigenvalue weighted by Crippen LogP contribution is -2.70. The van der Waals surface area contributed by atoms with Gasteiger partial charge in [0.2, 0.25) is 10.0 Å². The van der Waals surface area contributed by atoms with Gasteiger partial charge < -0.3 is 5.11 Å². The maximum atomic E-state index is 13.7. The van der Waals surface area contributed by atoms with Gasteiger partial charge in [0.15, 0.2) is 0 Å². The lowest BCUT2D eigenvalue weighted by Gasteiger charge is -2.39. The van der Waals surface area contributed by atoms with Crippen LogP contribution in [0.25, 0.3) is 0 Å². The number of nitrogens with zero attached hydrogens (tertiary/aromatic N) is 1. The molecule has 0 bridgehead atoms. The highest BCUT2D eigenvalue weighted by Crippen LogP contribution is 2.60. The van der Waals surface area contributed by atoms with Crippen LogP contribution in [-0.2, 0) is 10.0 Å².